The molecule has 7 heteroatoms. The fraction of sp³-hybridized carbons (Fsp3) is 0.500. The van der Waals surface area contributed by atoms with Crippen LogP contribution in [-0.2, 0) is 13.0 Å². The Labute approximate surface area is 147 Å². The summed E-state index contributed by atoms with van der Waals surface area (Å²) in [5.41, 5.74) is 2.83. The number of piperazine rings is 1. The number of likely N-dealkylation sites (N-methyl/N-ethyl adjacent to an activating group) is 1. The second kappa shape index (κ2) is 6.48. The molecule has 2 aromatic rings. The summed E-state index contributed by atoms with van der Waals surface area (Å²) >= 11 is 0. The molecule has 0 bridgehead atoms. The molecule has 0 radical (unpaired) electrons. The van der Waals surface area contributed by atoms with Gasteiger partial charge in [0.25, 0.3) is 5.91 Å². The molecule has 25 heavy (non-hydrogen) atoms. The lowest BCUT2D eigenvalue weighted by Crippen LogP contribution is -2.45. The first-order valence-corrected chi connectivity index (χ1v) is 8.89. The lowest BCUT2D eigenvalue weighted by atomic mass is 10.2. The van der Waals surface area contributed by atoms with Gasteiger partial charge < -0.3 is 15.1 Å². The Morgan fingerprint density at radius 3 is 2.76 bits per heavy atom. The average molecular weight is 340 g/mol. The lowest BCUT2D eigenvalue weighted by molar-refractivity contribution is 0.102. The molecule has 0 unspecified atom stereocenters. The Bertz CT molecular complexity index is 791. The Kier molecular flexibility index (Phi) is 4.17. The number of fused-ring (bicyclic) bond motifs is 1. The van der Waals surface area contributed by atoms with Crippen molar-refractivity contribution < 1.29 is 4.79 Å². The van der Waals surface area contributed by atoms with E-state index in [-0.39, 0.29) is 5.91 Å². The fourth-order valence-electron chi connectivity index (χ4n) is 3.56. The maximum absolute atomic E-state index is 12.6. The summed E-state index contributed by atoms with van der Waals surface area (Å²) in [6.07, 6.45) is 3.63. The maximum atomic E-state index is 12.6. The van der Waals surface area contributed by atoms with E-state index in [0.717, 1.165) is 62.6 Å². The van der Waals surface area contributed by atoms with Gasteiger partial charge in [-0.2, -0.15) is 5.10 Å². The Hall–Kier alpha value is -2.41. The molecule has 1 amide bonds. The number of hydrogen-bond donors (Lipinski definition) is 1. The average Bonchev–Trinajstić information content (AvgIpc) is 3.21. The highest BCUT2D eigenvalue weighted by Crippen LogP contribution is 2.23. The Morgan fingerprint density at radius 2 is 1.96 bits per heavy atom. The standard InChI is InChI=1S/C18H24N6O/c1-13-5-6-16(20-17(13)23-10-8-22(2)9-11-23)21-18(25)14-12-19-24-7-3-4-15(14)24/h5-6,12H,3-4,7-11H2,1-2H3,(H,20,21,25). The largest absolute Gasteiger partial charge is 0.354 e. The first-order chi connectivity index (χ1) is 12.1. The van der Waals surface area contributed by atoms with E-state index >= 15 is 0 Å². The van der Waals surface area contributed by atoms with Gasteiger partial charge in [-0.05, 0) is 38.4 Å². The number of nitrogens with zero attached hydrogens (tertiary/aromatic N) is 5. The maximum Gasteiger partial charge on any atom is 0.260 e. The van der Waals surface area contributed by atoms with E-state index in [4.69, 9.17) is 4.98 Å². The summed E-state index contributed by atoms with van der Waals surface area (Å²) in [4.78, 5) is 22.0. The minimum atomic E-state index is -0.121. The molecule has 0 aliphatic carbocycles. The molecule has 1 N–H and O–H groups in total. The van der Waals surface area contributed by atoms with Crippen molar-refractivity contribution in [2.24, 2.45) is 0 Å². The zero-order chi connectivity index (χ0) is 17.4. The number of aromatic nitrogens is 3. The molecule has 0 aromatic carbocycles. The topological polar surface area (TPSA) is 66.3 Å². The van der Waals surface area contributed by atoms with Crippen molar-refractivity contribution in [3.63, 3.8) is 0 Å². The van der Waals surface area contributed by atoms with Gasteiger partial charge in [0.2, 0.25) is 0 Å². The molecule has 4 heterocycles. The highest BCUT2D eigenvalue weighted by Gasteiger charge is 2.22. The van der Waals surface area contributed by atoms with Crippen LogP contribution in [0.3, 0.4) is 0 Å². The van der Waals surface area contributed by atoms with Crippen LogP contribution < -0.4 is 10.2 Å². The molecule has 0 atom stereocenters. The zero-order valence-corrected chi connectivity index (χ0v) is 14.8. The van der Waals surface area contributed by atoms with E-state index in [1.165, 1.54) is 0 Å². The second-order valence-electron chi connectivity index (χ2n) is 6.91. The number of anilines is 2. The van der Waals surface area contributed by atoms with E-state index in [1.807, 2.05) is 16.8 Å². The smallest absolute Gasteiger partial charge is 0.260 e. The first-order valence-electron chi connectivity index (χ1n) is 8.89. The summed E-state index contributed by atoms with van der Waals surface area (Å²) in [6, 6.07) is 3.90. The SMILES string of the molecule is Cc1ccc(NC(=O)c2cnn3c2CCC3)nc1N1CCN(C)CC1. The van der Waals surface area contributed by atoms with Gasteiger partial charge in [-0.25, -0.2) is 4.98 Å². The van der Waals surface area contributed by atoms with Crippen LogP contribution in [0, 0.1) is 6.92 Å². The summed E-state index contributed by atoms with van der Waals surface area (Å²) in [5.74, 6) is 1.44. The number of carbonyl (C=O) groups excluding carboxylic acids is 1. The van der Waals surface area contributed by atoms with Crippen LogP contribution in [0.2, 0.25) is 0 Å². The van der Waals surface area contributed by atoms with Gasteiger partial charge in [-0.1, -0.05) is 6.07 Å². The summed E-state index contributed by atoms with van der Waals surface area (Å²) < 4.78 is 1.92. The van der Waals surface area contributed by atoms with E-state index < -0.39 is 0 Å². The van der Waals surface area contributed by atoms with Crippen molar-refractivity contribution >= 4 is 17.5 Å². The molecule has 7 nitrogen and oxygen atoms in total. The van der Waals surface area contributed by atoms with Crippen molar-refractivity contribution in [2.45, 2.75) is 26.3 Å². The van der Waals surface area contributed by atoms with Crippen molar-refractivity contribution in [2.75, 3.05) is 43.4 Å². The van der Waals surface area contributed by atoms with Crippen molar-refractivity contribution in [3.05, 3.63) is 35.2 Å². The van der Waals surface area contributed by atoms with Crippen LogP contribution in [-0.4, -0.2) is 58.8 Å². The van der Waals surface area contributed by atoms with Gasteiger partial charge in [0, 0.05) is 32.7 Å². The number of amides is 1. The highest BCUT2D eigenvalue weighted by atomic mass is 16.1. The van der Waals surface area contributed by atoms with Gasteiger partial charge in [0.1, 0.15) is 11.6 Å². The molecule has 132 valence electrons. The zero-order valence-electron chi connectivity index (χ0n) is 14.8. The molecule has 0 spiro atoms. The van der Waals surface area contributed by atoms with Crippen LogP contribution >= 0.6 is 0 Å². The molecule has 2 aromatic heterocycles. The Morgan fingerprint density at radius 1 is 1.16 bits per heavy atom. The minimum Gasteiger partial charge on any atom is -0.354 e. The molecule has 0 saturated carbocycles. The van der Waals surface area contributed by atoms with Crippen LogP contribution in [0.5, 0.6) is 0 Å². The molecule has 4 rings (SSSR count). The summed E-state index contributed by atoms with van der Waals surface area (Å²) in [7, 11) is 2.14. The normalized spacial score (nSPS) is 17.6. The van der Waals surface area contributed by atoms with E-state index in [2.05, 4.69) is 34.2 Å². The molecule has 1 fully saturated rings. The third-order valence-corrected chi connectivity index (χ3v) is 5.09. The van der Waals surface area contributed by atoms with Crippen LogP contribution in [0.25, 0.3) is 0 Å². The van der Waals surface area contributed by atoms with Crippen molar-refractivity contribution in [1.82, 2.24) is 19.7 Å². The molecule has 2 aliphatic heterocycles. The van der Waals surface area contributed by atoms with Gasteiger partial charge in [0.15, 0.2) is 0 Å². The second-order valence-corrected chi connectivity index (χ2v) is 6.91. The fourth-order valence-corrected chi connectivity index (χ4v) is 3.56. The van der Waals surface area contributed by atoms with Crippen molar-refractivity contribution in [1.29, 1.82) is 0 Å². The number of rotatable bonds is 3. The van der Waals surface area contributed by atoms with Crippen molar-refractivity contribution in [3.8, 4) is 0 Å². The summed E-state index contributed by atoms with van der Waals surface area (Å²) in [5, 5.41) is 7.24. The van der Waals surface area contributed by atoms with E-state index in [9.17, 15) is 4.79 Å². The highest BCUT2D eigenvalue weighted by molar-refractivity contribution is 6.04. The monoisotopic (exact) mass is 340 g/mol. The molecular weight excluding hydrogens is 316 g/mol. The number of carbonyl (C=O) groups is 1. The van der Waals surface area contributed by atoms with Gasteiger partial charge in [-0.3, -0.25) is 9.48 Å². The quantitative estimate of drug-likeness (QED) is 0.918. The third-order valence-electron chi connectivity index (χ3n) is 5.09. The number of pyridine rings is 1. The van der Waals surface area contributed by atoms with Gasteiger partial charge >= 0.3 is 0 Å². The van der Waals surface area contributed by atoms with Gasteiger partial charge in [-0.15, -0.1) is 0 Å². The first kappa shape index (κ1) is 16.1. The Balaban J connectivity index is 1.52. The molecular formula is C18H24N6O. The predicted molar refractivity (Wildman–Crippen MR) is 97.2 cm³/mol. The van der Waals surface area contributed by atoms with E-state index in [1.54, 1.807) is 6.20 Å². The molecule has 1 saturated heterocycles. The third kappa shape index (κ3) is 3.11. The molecule has 2 aliphatic rings. The van der Waals surface area contributed by atoms with E-state index in [0.29, 0.717) is 11.4 Å². The predicted octanol–water partition coefficient (Wildman–Crippen LogP) is 1.54. The van der Waals surface area contributed by atoms with Gasteiger partial charge in [0.05, 0.1) is 17.5 Å². The summed E-state index contributed by atoms with van der Waals surface area (Å²) in [6.45, 7) is 6.94. The van der Waals surface area contributed by atoms with Crippen LogP contribution in [0.1, 0.15) is 28.0 Å². The van der Waals surface area contributed by atoms with Crippen LogP contribution in [0.4, 0.5) is 11.6 Å². The number of hydrogen-bond acceptors (Lipinski definition) is 5. The number of nitrogens with one attached hydrogen (secondary N) is 1. The minimum absolute atomic E-state index is 0.121. The lowest BCUT2D eigenvalue weighted by Gasteiger charge is -2.34. The number of aryl methyl sites for hydroxylation is 2. The van der Waals surface area contributed by atoms with Crippen LogP contribution in [0.15, 0.2) is 18.3 Å².